The molecule has 0 spiro atoms. The van der Waals surface area contributed by atoms with Gasteiger partial charge in [0.15, 0.2) is 5.65 Å². The summed E-state index contributed by atoms with van der Waals surface area (Å²) < 4.78 is 15.3. The lowest BCUT2D eigenvalue weighted by molar-refractivity contribution is 0.582. The fourth-order valence-corrected chi connectivity index (χ4v) is 3.49. The molecule has 1 aliphatic rings. The zero-order valence-corrected chi connectivity index (χ0v) is 15.1. The molecular formula is C20H18FN7. The largest absolute Gasteiger partial charge is 0.353 e. The maximum Gasteiger partial charge on any atom is 0.155 e. The number of aromatic nitrogens is 5. The summed E-state index contributed by atoms with van der Waals surface area (Å²) in [6.45, 7) is 3.69. The highest BCUT2D eigenvalue weighted by molar-refractivity contribution is 5.81. The Bertz CT molecular complexity index is 1100. The molecule has 1 aliphatic heterocycles. The van der Waals surface area contributed by atoms with Crippen molar-refractivity contribution < 1.29 is 4.39 Å². The van der Waals surface area contributed by atoms with Crippen molar-refractivity contribution in [3.63, 3.8) is 0 Å². The predicted molar refractivity (Wildman–Crippen MR) is 104 cm³/mol. The molecule has 0 amide bonds. The Hall–Kier alpha value is -3.39. The van der Waals surface area contributed by atoms with E-state index in [1.165, 1.54) is 12.1 Å². The number of nitrogens with zero attached hydrogens (tertiary/aromatic N) is 6. The first-order valence-electron chi connectivity index (χ1n) is 9.18. The van der Waals surface area contributed by atoms with Crippen LogP contribution in [-0.2, 0) is 0 Å². The second-order valence-corrected chi connectivity index (χ2v) is 6.65. The first kappa shape index (κ1) is 16.8. The molecule has 7 nitrogen and oxygen atoms in total. The second-order valence-electron chi connectivity index (χ2n) is 6.65. The quantitative estimate of drug-likeness (QED) is 0.593. The van der Waals surface area contributed by atoms with Gasteiger partial charge in [0, 0.05) is 37.3 Å². The zero-order valence-electron chi connectivity index (χ0n) is 15.1. The molecule has 0 bridgehead atoms. The molecule has 1 aromatic carbocycles. The first-order chi connectivity index (χ1) is 13.8. The summed E-state index contributed by atoms with van der Waals surface area (Å²) in [5, 5.41) is 16.1. The fraction of sp³-hybridized carbons (Fsp3) is 0.200. The number of piperazine rings is 1. The minimum atomic E-state index is -0.279. The standard InChI is InChI=1S/C20H18FN7/c21-16-3-1-14(2-4-16)19-20(15-7-8-23-24-13-15)28-17(25-19)5-6-18(26-28)27-11-9-22-10-12-27/h1-8,13,22H,9-12H2. The molecule has 5 rings (SSSR count). The van der Waals surface area contributed by atoms with Crippen molar-refractivity contribution >= 4 is 11.5 Å². The molecule has 4 heterocycles. The lowest BCUT2D eigenvalue weighted by atomic mass is 10.1. The van der Waals surface area contributed by atoms with E-state index in [0.29, 0.717) is 0 Å². The van der Waals surface area contributed by atoms with Crippen LogP contribution in [0.25, 0.3) is 28.2 Å². The Morgan fingerprint density at radius 2 is 1.71 bits per heavy atom. The molecule has 1 saturated heterocycles. The number of rotatable bonds is 3. The predicted octanol–water partition coefficient (Wildman–Crippen LogP) is 2.40. The van der Waals surface area contributed by atoms with E-state index in [9.17, 15) is 4.39 Å². The summed E-state index contributed by atoms with van der Waals surface area (Å²) >= 11 is 0. The van der Waals surface area contributed by atoms with Crippen LogP contribution >= 0.6 is 0 Å². The molecule has 140 valence electrons. The smallest absolute Gasteiger partial charge is 0.155 e. The molecule has 0 saturated carbocycles. The Kier molecular flexibility index (Phi) is 4.17. The van der Waals surface area contributed by atoms with Crippen molar-refractivity contribution in [1.29, 1.82) is 0 Å². The summed E-state index contributed by atoms with van der Waals surface area (Å²) in [7, 11) is 0. The highest BCUT2D eigenvalue weighted by Crippen LogP contribution is 2.32. The maximum atomic E-state index is 13.4. The van der Waals surface area contributed by atoms with Crippen molar-refractivity contribution in [2.75, 3.05) is 31.1 Å². The average molecular weight is 375 g/mol. The Morgan fingerprint density at radius 3 is 2.46 bits per heavy atom. The molecule has 0 radical (unpaired) electrons. The van der Waals surface area contributed by atoms with E-state index in [1.54, 1.807) is 24.5 Å². The van der Waals surface area contributed by atoms with Gasteiger partial charge in [0.05, 0.1) is 18.1 Å². The second kappa shape index (κ2) is 6.97. The van der Waals surface area contributed by atoms with Gasteiger partial charge in [0.2, 0.25) is 0 Å². The van der Waals surface area contributed by atoms with E-state index in [1.807, 2.05) is 22.7 Å². The van der Waals surface area contributed by atoms with Crippen molar-refractivity contribution in [3.05, 3.63) is 60.7 Å². The van der Waals surface area contributed by atoms with E-state index in [0.717, 1.165) is 60.2 Å². The molecule has 3 aromatic heterocycles. The van der Waals surface area contributed by atoms with Crippen LogP contribution in [-0.4, -0.2) is 51.0 Å². The molecule has 0 unspecified atom stereocenters. The van der Waals surface area contributed by atoms with Gasteiger partial charge in [-0.15, -0.1) is 5.10 Å². The molecule has 1 fully saturated rings. The van der Waals surface area contributed by atoms with Crippen LogP contribution < -0.4 is 10.2 Å². The summed E-state index contributed by atoms with van der Waals surface area (Å²) in [6.07, 6.45) is 3.33. The van der Waals surface area contributed by atoms with E-state index < -0.39 is 0 Å². The lowest BCUT2D eigenvalue weighted by Crippen LogP contribution is -2.44. The molecule has 0 aliphatic carbocycles. The van der Waals surface area contributed by atoms with E-state index >= 15 is 0 Å². The van der Waals surface area contributed by atoms with Gasteiger partial charge in [-0.1, -0.05) is 0 Å². The van der Waals surface area contributed by atoms with Gasteiger partial charge in [-0.2, -0.15) is 10.2 Å². The van der Waals surface area contributed by atoms with E-state index in [4.69, 9.17) is 10.1 Å². The SMILES string of the molecule is Fc1ccc(-c2nc3ccc(N4CCNCC4)nn3c2-c2ccnnc2)cc1. The van der Waals surface area contributed by atoms with Crippen LogP contribution in [0.1, 0.15) is 0 Å². The molecular weight excluding hydrogens is 357 g/mol. The zero-order chi connectivity index (χ0) is 18.9. The van der Waals surface area contributed by atoms with E-state index in [-0.39, 0.29) is 5.82 Å². The highest BCUT2D eigenvalue weighted by Gasteiger charge is 2.19. The summed E-state index contributed by atoms with van der Waals surface area (Å²) in [4.78, 5) is 7.03. The van der Waals surface area contributed by atoms with Gasteiger partial charge in [0.1, 0.15) is 17.3 Å². The van der Waals surface area contributed by atoms with Crippen molar-refractivity contribution in [2.24, 2.45) is 0 Å². The summed E-state index contributed by atoms with van der Waals surface area (Å²) in [5.41, 5.74) is 3.95. The van der Waals surface area contributed by atoms with Gasteiger partial charge >= 0.3 is 0 Å². The molecule has 28 heavy (non-hydrogen) atoms. The highest BCUT2D eigenvalue weighted by atomic mass is 19.1. The van der Waals surface area contributed by atoms with Crippen LogP contribution in [0.5, 0.6) is 0 Å². The van der Waals surface area contributed by atoms with Gasteiger partial charge in [0.25, 0.3) is 0 Å². The Morgan fingerprint density at radius 1 is 0.893 bits per heavy atom. The Balaban J connectivity index is 1.71. The van der Waals surface area contributed by atoms with Gasteiger partial charge < -0.3 is 10.2 Å². The summed E-state index contributed by atoms with van der Waals surface area (Å²) in [5.74, 6) is 0.624. The van der Waals surface area contributed by atoms with Gasteiger partial charge in [-0.05, 0) is 42.5 Å². The van der Waals surface area contributed by atoms with Crippen LogP contribution in [0.4, 0.5) is 10.2 Å². The monoisotopic (exact) mass is 375 g/mol. The third kappa shape index (κ3) is 2.97. The lowest BCUT2D eigenvalue weighted by Gasteiger charge is -2.28. The number of benzene rings is 1. The molecule has 1 N–H and O–H groups in total. The fourth-order valence-electron chi connectivity index (χ4n) is 3.49. The molecule has 4 aromatic rings. The third-order valence-electron chi connectivity index (χ3n) is 4.88. The first-order valence-corrected chi connectivity index (χ1v) is 9.18. The van der Waals surface area contributed by atoms with Crippen molar-refractivity contribution in [2.45, 2.75) is 0 Å². The average Bonchev–Trinajstić information content (AvgIpc) is 3.14. The number of hydrogen-bond donors (Lipinski definition) is 1. The Labute approximate surface area is 160 Å². The number of halogens is 1. The number of hydrogen-bond acceptors (Lipinski definition) is 6. The van der Waals surface area contributed by atoms with E-state index in [2.05, 4.69) is 20.4 Å². The topological polar surface area (TPSA) is 71.2 Å². The van der Waals surface area contributed by atoms with Crippen LogP contribution in [0.3, 0.4) is 0 Å². The van der Waals surface area contributed by atoms with Crippen molar-refractivity contribution in [3.8, 4) is 22.5 Å². The normalized spacial score (nSPS) is 14.5. The minimum Gasteiger partial charge on any atom is -0.353 e. The number of imidazole rings is 1. The summed E-state index contributed by atoms with van der Waals surface area (Å²) in [6, 6.07) is 12.2. The number of fused-ring (bicyclic) bond motifs is 1. The van der Waals surface area contributed by atoms with Crippen LogP contribution in [0.2, 0.25) is 0 Å². The number of nitrogens with one attached hydrogen (secondary N) is 1. The van der Waals surface area contributed by atoms with Crippen molar-refractivity contribution in [1.82, 2.24) is 30.1 Å². The van der Waals surface area contributed by atoms with Gasteiger partial charge in [-0.3, -0.25) is 0 Å². The maximum absolute atomic E-state index is 13.4. The molecule has 8 heteroatoms. The van der Waals surface area contributed by atoms with Crippen LogP contribution in [0.15, 0.2) is 54.9 Å². The van der Waals surface area contributed by atoms with Gasteiger partial charge in [-0.25, -0.2) is 13.9 Å². The third-order valence-corrected chi connectivity index (χ3v) is 4.88. The molecule has 0 atom stereocenters. The number of anilines is 1. The minimum absolute atomic E-state index is 0.279. The van der Waals surface area contributed by atoms with Crippen LogP contribution in [0, 0.1) is 5.82 Å².